The van der Waals surface area contributed by atoms with Crippen molar-refractivity contribution in [3.63, 3.8) is 0 Å². The second-order valence-electron chi connectivity index (χ2n) is 9.38. The van der Waals surface area contributed by atoms with E-state index in [0.717, 1.165) is 0 Å². The first kappa shape index (κ1) is 26.1. The first-order valence-electron chi connectivity index (χ1n) is 11.9. The largest absolute Gasteiger partial charge is 0.492 e. The van der Waals surface area contributed by atoms with Crippen LogP contribution in [0.25, 0.3) is 11.6 Å². The minimum absolute atomic E-state index is 0.252. The topological polar surface area (TPSA) is 115 Å². The van der Waals surface area contributed by atoms with Gasteiger partial charge < -0.3 is 14.5 Å². The van der Waals surface area contributed by atoms with E-state index in [1.807, 2.05) is 58.2 Å². The van der Waals surface area contributed by atoms with Gasteiger partial charge >= 0.3 is 0 Å². The van der Waals surface area contributed by atoms with E-state index in [1.54, 1.807) is 30.3 Å². The number of aryl methyl sites for hydroxylation is 1. The van der Waals surface area contributed by atoms with Crippen LogP contribution in [-0.2, 0) is 16.1 Å². The fraction of sp³-hybridized carbons (Fsp3) is 0.346. The molecule has 4 aromatic rings. The van der Waals surface area contributed by atoms with Crippen LogP contribution in [-0.4, -0.2) is 44.2 Å². The first-order valence-corrected chi connectivity index (χ1v) is 12.8. The zero-order valence-corrected chi connectivity index (χ0v) is 22.3. The van der Waals surface area contributed by atoms with Crippen LogP contribution < -0.4 is 15.0 Å². The van der Waals surface area contributed by atoms with Crippen LogP contribution in [0.5, 0.6) is 5.75 Å². The molecule has 0 aliphatic carbocycles. The van der Waals surface area contributed by atoms with Gasteiger partial charge in [-0.2, -0.15) is 4.80 Å². The second-order valence-corrected chi connectivity index (χ2v) is 10.4. The van der Waals surface area contributed by atoms with Crippen LogP contribution in [0.2, 0.25) is 0 Å². The predicted octanol–water partition coefficient (Wildman–Crippen LogP) is 4.39. The number of hydrogen-bond donors (Lipinski definition) is 1. The maximum absolute atomic E-state index is 14.0. The highest BCUT2D eigenvalue weighted by atomic mass is 32.1. The van der Waals surface area contributed by atoms with Gasteiger partial charge in [0.25, 0.3) is 5.91 Å². The number of aromatic nitrogens is 4. The highest BCUT2D eigenvalue weighted by molar-refractivity contribution is 7.10. The number of para-hydroxylation sites is 2. The molecule has 3 aromatic heterocycles. The van der Waals surface area contributed by atoms with Gasteiger partial charge in [0.1, 0.15) is 24.1 Å². The first-order chi connectivity index (χ1) is 17.7. The number of rotatable bonds is 9. The number of amides is 2. The molecular weight excluding hydrogens is 492 g/mol. The minimum Gasteiger partial charge on any atom is -0.492 e. The van der Waals surface area contributed by atoms with Gasteiger partial charge in [0, 0.05) is 10.4 Å². The van der Waals surface area contributed by atoms with Gasteiger partial charge in [-0.15, -0.1) is 21.5 Å². The number of nitrogens with zero attached hydrogens (tertiary/aromatic N) is 5. The Kier molecular flexibility index (Phi) is 7.72. The lowest BCUT2D eigenvalue weighted by Crippen LogP contribution is -2.50. The number of carbonyl (C=O) groups excluding carboxylic acids is 2. The van der Waals surface area contributed by atoms with Crippen LogP contribution >= 0.6 is 11.3 Å². The average Bonchev–Trinajstić information content (AvgIpc) is 3.59. The van der Waals surface area contributed by atoms with Crippen LogP contribution in [0, 0.1) is 6.92 Å². The number of benzene rings is 1. The molecule has 0 bridgehead atoms. The van der Waals surface area contributed by atoms with Crippen molar-refractivity contribution in [1.82, 2.24) is 25.5 Å². The van der Waals surface area contributed by atoms with Crippen molar-refractivity contribution in [3.8, 4) is 17.3 Å². The van der Waals surface area contributed by atoms with E-state index in [9.17, 15) is 9.59 Å². The molecule has 1 N–H and O–H groups in total. The van der Waals surface area contributed by atoms with Gasteiger partial charge in [0.15, 0.2) is 5.76 Å². The summed E-state index contributed by atoms with van der Waals surface area (Å²) in [5.41, 5.74) is -0.0385. The second kappa shape index (κ2) is 11.0. The smallest absolute Gasteiger partial charge is 0.251 e. The van der Waals surface area contributed by atoms with Gasteiger partial charge in [-0.25, -0.2) is 0 Å². The maximum Gasteiger partial charge on any atom is 0.251 e. The summed E-state index contributed by atoms with van der Waals surface area (Å²) < 4.78 is 11.4. The molecule has 1 aromatic carbocycles. The summed E-state index contributed by atoms with van der Waals surface area (Å²) >= 11 is 1.40. The van der Waals surface area contributed by atoms with Gasteiger partial charge in [0.05, 0.1) is 12.3 Å². The van der Waals surface area contributed by atoms with Gasteiger partial charge in [-0.1, -0.05) is 18.2 Å². The molecule has 0 spiro atoms. The van der Waals surface area contributed by atoms with E-state index in [-0.39, 0.29) is 18.3 Å². The lowest BCUT2D eigenvalue weighted by molar-refractivity contribution is -0.128. The van der Waals surface area contributed by atoms with Crippen molar-refractivity contribution in [2.24, 2.45) is 0 Å². The molecule has 4 rings (SSSR count). The Morgan fingerprint density at radius 3 is 2.59 bits per heavy atom. The molecule has 0 radical (unpaired) electrons. The number of nitrogens with one attached hydrogen (secondary N) is 1. The molecule has 1 unspecified atom stereocenters. The number of thiophene rings is 1. The van der Waals surface area contributed by atoms with Crippen LogP contribution in [0.4, 0.5) is 5.69 Å². The van der Waals surface area contributed by atoms with Crippen molar-refractivity contribution in [2.75, 3.05) is 11.5 Å². The molecule has 2 amide bonds. The molecule has 11 heteroatoms. The Morgan fingerprint density at radius 1 is 1.16 bits per heavy atom. The summed E-state index contributed by atoms with van der Waals surface area (Å²) in [5.74, 6) is 1.20. The molecule has 1 atom stereocenters. The number of hydrogen-bond acceptors (Lipinski definition) is 8. The Bertz CT molecular complexity index is 1360. The van der Waals surface area contributed by atoms with E-state index >= 15 is 0 Å². The molecule has 194 valence electrons. The molecule has 0 aliphatic heterocycles. The molecule has 0 saturated carbocycles. The summed E-state index contributed by atoms with van der Waals surface area (Å²) in [5, 5.41) is 17.3. The van der Waals surface area contributed by atoms with Gasteiger partial charge in [-0.05, 0) is 75.5 Å². The van der Waals surface area contributed by atoms with Crippen molar-refractivity contribution in [3.05, 3.63) is 64.5 Å². The lowest BCUT2D eigenvalue weighted by Gasteiger charge is -2.33. The van der Waals surface area contributed by atoms with Crippen molar-refractivity contribution in [1.29, 1.82) is 0 Å². The van der Waals surface area contributed by atoms with Gasteiger partial charge in [0.2, 0.25) is 11.7 Å². The number of carbonyl (C=O) groups is 2. The Morgan fingerprint density at radius 2 is 1.95 bits per heavy atom. The summed E-state index contributed by atoms with van der Waals surface area (Å²) in [4.78, 5) is 31.0. The van der Waals surface area contributed by atoms with Crippen LogP contribution in [0.15, 0.2) is 58.3 Å². The fourth-order valence-corrected chi connectivity index (χ4v) is 4.58. The monoisotopic (exact) mass is 522 g/mol. The predicted molar refractivity (Wildman–Crippen MR) is 140 cm³/mol. The van der Waals surface area contributed by atoms with E-state index in [1.165, 1.54) is 21.0 Å². The Labute approximate surface area is 219 Å². The van der Waals surface area contributed by atoms with E-state index in [4.69, 9.17) is 9.15 Å². The third-order valence-corrected chi connectivity index (χ3v) is 6.13. The number of furan rings is 1. The highest BCUT2D eigenvalue weighted by Crippen LogP contribution is 2.37. The zero-order chi connectivity index (χ0) is 26.6. The van der Waals surface area contributed by atoms with Crippen molar-refractivity contribution < 1.29 is 18.7 Å². The minimum atomic E-state index is -0.941. The molecule has 3 heterocycles. The molecule has 0 fully saturated rings. The van der Waals surface area contributed by atoms with E-state index in [2.05, 4.69) is 20.7 Å². The third-order valence-electron chi connectivity index (χ3n) is 5.20. The van der Waals surface area contributed by atoms with E-state index < -0.39 is 17.5 Å². The standard InChI is InChI=1S/C26H30N6O4S/c1-6-35-19-11-8-7-10-18(19)32(23(21-12-9-15-37-21)25(34)27-26(3,4)5)22(33)16-31-29-24(28-30-31)20-14-13-17(2)36-20/h7-15,23H,6,16H2,1-5H3,(H,27,34). The highest BCUT2D eigenvalue weighted by Gasteiger charge is 2.36. The zero-order valence-electron chi connectivity index (χ0n) is 21.5. The summed E-state index contributed by atoms with van der Waals surface area (Å²) in [7, 11) is 0. The number of ether oxygens (including phenoxy) is 1. The van der Waals surface area contributed by atoms with Crippen molar-refractivity contribution in [2.45, 2.75) is 52.7 Å². The van der Waals surface area contributed by atoms with E-state index in [0.29, 0.717) is 34.4 Å². The SMILES string of the molecule is CCOc1ccccc1N(C(=O)Cn1nnc(-c2ccc(C)o2)n1)C(C(=O)NC(C)(C)C)c1cccs1. The Balaban J connectivity index is 1.75. The fourth-order valence-electron chi connectivity index (χ4n) is 3.77. The molecule has 0 saturated heterocycles. The third kappa shape index (κ3) is 6.23. The van der Waals surface area contributed by atoms with Crippen molar-refractivity contribution >= 4 is 28.8 Å². The molecule has 10 nitrogen and oxygen atoms in total. The normalized spacial score (nSPS) is 12.2. The summed E-state index contributed by atoms with van der Waals surface area (Å²) in [6.45, 7) is 9.52. The Hall–Kier alpha value is -3.99. The summed E-state index contributed by atoms with van der Waals surface area (Å²) in [6.07, 6.45) is 0. The molecular formula is C26H30N6O4S. The maximum atomic E-state index is 14.0. The molecule has 0 aliphatic rings. The van der Waals surface area contributed by atoms with Crippen LogP contribution in [0.3, 0.4) is 0 Å². The van der Waals surface area contributed by atoms with Gasteiger partial charge in [-0.3, -0.25) is 14.5 Å². The summed E-state index contributed by atoms with van der Waals surface area (Å²) in [6, 6.07) is 13.5. The number of tetrazole rings is 1. The lowest BCUT2D eigenvalue weighted by atomic mass is 10.1. The molecule has 37 heavy (non-hydrogen) atoms. The average molecular weight is 523 g/mol. The van der Waals surface area contributed by atoms with Crippen LogP contribution in [0.1, 0.15) is 44.4 Å². The quantitative estimate of drug-likeness (QED) is 0.347. The number of anilines is 1.